The first-order valence-corrected chi connectivity index (χ1v) is 11.9. The number of Topliss-reactive ketones (excluding diaryl/α,β-unsaturated/α-hetero) is 1. The van der Waals surface area contributed by atoms with Gasteiger partial charge in [-0.2, -0.15) is 0 Å². The Bertz CT molecular complexity index is 1370. The van der Waals surface area contributed by atoms with E-state index >= 15 is 0 Å². The summed E-state index contributed by atoms with van der Waals surface area (Å²) in [5.41, 5.74) is 4.35. The predicted molar refractivity (Wildman–Crippen MR) is 141 cm³/mol. The van der Waals surface area contributed by atoms with Gasteiger partial charge in [-0.05, 0) is 81.6 Å². The van der Waals surface area contributed by atoms with E-state index in [-0.39, 0.29) is 17.4 Å². The molecule has 1 N–H and O–H groups in total. The molecular weight excluding hydrogens is 454 g/mol. The molecule has 0 saturated carbocycles. The second-order valence-corrected chi connectivity index (χ2v) is 9.28. The van der Waals surface area contributed by atoms with E-state index in [0.29, 0.717) is 28.3 Å². The lowest BCUT2D eigenvalue weighted by molar-refractivity contribution is -0.132. The predicted octanol–water partition coefficient (Wildman–Crippen LogP) is 6.03. The van der Waals surface area contributed by atoms with Crippen molar-refractivity contribution in [2.75, 3.05) is 12.0 Å². The molecule has 1 aliphatic rings. The first-order valence-electron chi connectivity index (χ1n) is 11.9. The van der Waals surface area contributed by atoms with Gasteiger partial charge >= 0.3 is 0 Å². The number of amides is 1. The zero-order chi connectivity index (χ0) is 26.1. The van der Waals surface area contributed by atoms with Gasteiger partial charge in [0.05, 0.1) is 24.8 Å². The normalized spacial score (nSPS) is 17.1. The summed E-state index contributed by atoms with van der Waals surface area (Å²) in [4.78, 5) is 28.5. The number of hydrogen-bond donors (Lipinski definition) is 1. The number of benzene rings is 3. The molecule has 36 heavy (non-hydrogen) atoms. The highest BCUT2D eigenvalue weighted by molar-refractivity contribution is 6.51. The van der Waals surface area contributed by atoms with Gasteiger partial charge in [0.15, 0.2) is 0 Å². The van der Waals surface area contributed by atoms with E-state index < -0.39 is 17.7 Å². The summed E-state index contributed by atoms with van der Waals surface area (Å²) in [5.74, 6) is -0.473. The van der Waals surface area contributed by atoms with Crippen LogP contribution in [0, 0.1) is 20.8 Å². The van der Waals surface area contributed by atoms with E-state index in [1.807, 2.05) is 71.0 Å². The Morgan fingerprint density at radius 2 is 1.64 bits per heavy atom. The highest BCUT2D eigenvalue weighted by atomic mass is 16.5. The van der Waals surface area contributed by atoms with Gasteiger partial charge in [-0.25, -0.2) is 0 Å². The average Bonchev–Trinajstić information content (AvgIpc) is 3.11. The third-order valence-electron chi connectivity index (χ3n) is 6.52. The number of carbonyl (C=O) groups is 2. The summed E-state index contributed by atoms with van der Waals surface area (Å²) < 4.78 is 11.4. The number of aliphatic hydroxyl groups excluding tert-OH is 1. The van der Waals surface area contributed by atoms with Crippen LogP contribution < -0.4 is 14.4 Å². The molecule has 6 nitrogen and oxygen atoms in total. The third kappa shape index (κ3) is 4.35. The lowest BCUT2D eigenvalue weighted by Gasteiger charge is -2.28. The number of hydrogen-bond acceptors (Lipinski definition) is 5. The zero-order valence-electron chi connectivity index (χ0n) is 21.5. The fourth-order valence-corrected chi connectivity index (χ4v) is 4.60. The van der Waals surface area contributed by atoms with Crippen LogP contribution in [0.3, 0.4) is 0 Å². The second-order valence-electron chi connectivity index (χ2n) is 9.28. The standard InChI is InChI=1S/C30H31NO5/c1-17(2)36-24-15-14-21(16-19(24)4)28(32)26-27(22-11-7-8-13-25(22)35-6)31(30(34)29(26)33)23-12-9-10-18(3)20(23)5/h7-17,27,32H,1-6H3/b28-26+. The van der Waals surface area contributed by atoms with E-state index in [2.05, 4.69) is 0 Å². The van der Waals surface area contributed by atoms with Crippen LogP contribution in [0.1, 0.15) is 47.7 Å². The minimum atomic E-state index is -0.867. The van der Waals surface area contributed by atoms with Crippen molar-refractivity contribution in [2.45, 2.75) is 46.8 Å². The number of nitrogens with zero attached hydrogens (tertiary/aromatic N) is 1. The molecule has 3 aromatic rings. The molecule has 0 radical (unpaired) electrons. The first-order chi connectivity index (χ1) is 17.1. The smallest absolute Gasteiger partial charge is 0.300 e. The summed E-state index contributed by atoms with van der Waals surface area (Å²) in [6.07, 6.45) is -0.00316. The molecule has 0 aliphatic carbocycles. The maximum Gasteiger partial charge on any atom is 0.300 e. The highest BCUT2D eigenvalue weighted by Crippen LogP contribution is 2.46. The van der Waals surface area contributed by atoms with Gasteiger partial charge < -0.3 is 14.6 Å². The van der Waals surface area contributed by atoms with Crippen molar-refractivity contribution in [1.29, 1.82) is 0 Å². The van der Waals surface area contributed by atoms with Gasteiger partial charge in [-0.1, -0.05) is 30.3 Å². The Morgan fingerprint density at radius 1 is 0.917 bits per heavy atom. The molecule has 1 atom stereocenters. The van der Waals surface area contributed by atoms with Crippen LogP contribution >= 0.6 is 0 Å². The van der Waals surface area contributed by atoms with Crippen molar-refractivity contribution < 1.29 is 24.2 Å². The largest absolute Gasteiger partial charge is 0.507 e. The molecule has 1 saturated heterocycles. The molecule has 0 spiro atoms. The molecule has 6 heteroatoms. The summed E-state index contributed by atoms with van der Waals surface area (Å²) in [5, 5.41) is 11.5. The minimum absolute atomic E-state index is 0.00316. The van der Waals surface area contributed by atoms with Gasteiger partial charge in [0.2, 0.25) is 0 Å². The van der Waals surface area contributed by atoms with E-state index in [1.54, 1.807) is 31.4 Å². The number of ketones is 1. The average molecular weight is 486 g/mol. The third-order valence-corrected chi connectivity index (χ3v) is 6.52. The van der Waals surface area contributed by atoms with Crippen molar-refractivity contribution in [2.24, 2.45) is 0 Å². The lowest BCUT2D eigenvalue weighted by atomic mass is 9.93. The summed E-state index contributed by atoms with van der Waals surface area (Å²) >= 11 is 0. The molecule has 0 aromatic heterocycles. The minimum Gasteiger partial charge on any atom is -0.507 e. The molecule has 1 aliphatic heterocycles. The van der Waals surface area contributed by atoms with Gasteiger partial charge in [0.25, 0.3) is 11.7 Å². The van der Waals surface area contributed by atoms with Crippen LogP contribution in [0.4, 0.5) is 5.69 Å². The Labute approximate surface area is 211 Å². The first kappa shape index (κ1) is 25.0. The van der Waals surface area contributed by atoms with Crippen LogP contribution in [0.15, 0.2) is 66.2 Å². The maximum atomic E-state index is 13.5. The van der Waals surface area contributed by atoms with Crippen molar-refractivity contribution >= 4 is 23.1 Å². The molecule has 0 bridgehead atoms. The van der Waals surface area contributed by atoms with Crippen molar-refractivity contribution in [3.63, 3.8) is 0 Å². The van der Waals surface area contributed by atoms with E-state index in [1.165, 1.54) is 4.90 Å². The van der Waals surface area contributed by atoms with Gasteiger partial charge in [0, 0.05) is 16.8 Å². The summed E-state index contributed by atoms with van der Waals surface area (Å²) in [6, 6.07) is 17.2. The number of aryl methyl sites for hydroxylation is 2. The van der Waals surface area contributed by atoms with E-state index in [0.717, 1.165) is 16.7 Å². The van der Waals surface area contributed by atoms with E-state index in [9.17, 15) is 14.7 Å². The van der Waals surface area contributed by atoms with Crippen molar-refractivity contribution in [3.8, 4) is 11.5 Å². The van der Waals surface area contributed by atoms with Crippen LogP contribution in [-0.2, 0) is 9.59 Å². The molecular formula is C30H31NO5. The van der Waals surface area contributed by atoms with Gasteiger partial charge in [-0.3, -0.25) is 14.5 Å². The Balaban J connectivity index is 1.96. The number of anilines is 1. The number of rotatable bonds is 6. The Morgan fingerprint density at radius 3 is 2.31 bits per heavy atom. The van der Waals surface area contributed by atoms with Crippen LogP contribution in [0.25, 0.3) is 5.76 Å². The number of carbonyl (C=O) groups excluding carboxylic acids is 2. The van der Waals surface area contributed by atoms with Crippen molar-refractivity contribution in [3.05, 3.63) is 94.1 Å². The fraction of sp³-hybridized carbons (Fsp3) is 0.267. The summed E-state index contributed by atoms with van der Waals surface area (Å²) in [7, 11) is 1.54. The molecule has 1 unspecified atom stereocenters. The monoisotopic (exact) mass is 485 g/mol. The molecule has 3 aromatic carbocycles. The zero-order valence-corrected chi connectivity index (χ0v) is 21.5. The fourth-order valence-electron chi connectivity index (χ4n) is 4.60. The SMILES string of the molecule is COc1ccccc1C1/C(=C(\O)c2ccc(OC(C)C)c(C)c2)C(=O)C(=O)N1c1cccc(C)c1C. The molecule has 1 fully saturated rings. The van der Waals surface area contributed by atoms with Crippen LogP contribution in [0.2, 0.25) is 0 Å². The Hall–Kier alpha value is -4.06. The van der Waals surface area contributed by atoms with Crippen LogP contribution in [0.5, 0.6) is 11.5 Å². The molecule has 4 rings (SSSR count). The highest BCUT2D eigenvalue weighted by Gasteiger charge is 2.48. The van der Waals surface area contributed by atoms with E-state index in [4.69, 9.17) is 9.47 Å². The number of aliphatic hydroxyl groups is 1. The summed E-state index contributed by atoms with van der Waals surface area (Å²) in [6.45, 7) is 9.63. The second kappa shape index (κ2) is 9.90. The number of methoxy groups -OCH3 is 1. The molecule has 1 heterocycles. The number of para-hydroxylation sites is 1. The topological polar surface area (TPSA) is 76.1 Å². The molecule has 186 valence electrons. The molecule has 1 amide bonds. The van der Waals surface area contributed by atoms with Crippen LogP contribution in [-0.4, -0.2) is 30.0 Å². The Kier molecular flexibility index (Phi) is 6.88. The van der Waals surface area contributed by atoms with Crippen molar-refractivity contribution in [1.82, 2.24) is 0 Å². The maximum absolute atomic E-state index is 13.5. The quantitative estimate of drug-likeness (QED) is 0.262. The van der Waals surface area contributed by atoms with Gasteiger partial charge in [0.1, 0.15) is 17.3 Å². The van der Waals surface area contributed by atoms with Gasteiger partial charge in [-0.15, -0.1) is 0 Å². The number of ether oxygens (including phenoxy) is 2. The lowest BCUT2D eigenvalue weighted by Crippen LogP contribution is -2.30.